The van der Waals surface area contributed by atoms with Crippen molar-refractivity contribution in [2.24, 2.45) is 20.0 Å². The lowest BCUT2D eigenvalue weighted by molar-refractivity contribution is 0.217. The molecule has 1 aliphatic rings. The summed E-state index contributed by atoms with van der Waals surface area (Å²) in [5, 5.41) is 7.06. The molecular formula is C12H21N5O2. The first-order valence-electron chi connectivity index (χ1n) is 6.56. The zero-order valence-corrected chi connectivity index (χ0v) is 11.7. The molecule has 106 valence electrons. The number of aryl methyl sites for hydroxylation is 1. The van der Waals surface area contributed by atoms with Gasteiger partial charge in [-0.05, 0) is 32.4 Å². The molecule has 1 aliphatic heterocycles. The summed E-state index contributed by atoms with van der Waals surface area (Å²) in [6, 6.07) is 0. The Labute approximate surface area is 111 Å². The second kappa shape index (κ2) is 5.56. The number of likely N-dealkylation sites (tertiary alicyclic amines) is 1. The summed E-state index contributed by atoms with van der Waals surface area (Å²) in [6.45, 7) is 2.88. The molecule has 0 saturated carbocycles. The van der Waals surface area contributed by atoms with Gasteiger partial charge in [0.2, 0.25) is 5.82 Å². The van der Waals surface area contributed by atoms with Crippen LogP contribution in [0, 0.1) is 5.92 Å². The van der Waals surface area contributed by atoms with Gasteiger partial charge in [-0.25, -0.2) is 9.48 Å². The summed E-state index contributed by atoms with van der Waals surface area (Å²) in [6.07, 6.45) is 2.34. The van der Waals surface area contributed by atoms with Gasteiger partial charge in [0.1, 0.15) is 0 Å². The second-order valence-electron chi connectivity index (χ2n) is 5.27. The minimum atomic E-state index is -0.409. The molecule has 1 unspecified atom stereocenters. The SMILES string of the molecule is CN1CCCC(CNc2nn(C)c(=O)n(C)c2=O)C1. The fraction of sp³-hybridized carbons (Fsp3) is 0.750. The standard InChI is InChI=1S/C12H21N5O2/c1-15-6-4-5-9(8-15)7-13-10-11(18)16(2)12(19)17(3)14-10/h9H,4-8H2,1-3H3,(H,13,14). The number of hydrogen-bond acceptors (Lipinski definition) is 5. The quantitative estimate of drug-likeness (QED) is 0.779. The van der Waals surface area contributed by atoms with Crippen LogP contribution in [0.1, 0.15) is 12.8 Å². The second-order valence-corrected chi connectivity index (χ2v) is 5.27. The molecule has 7 heteroatoms. The maximum atomic E-state index is 11.9. The summed E-state index contributed by atoms with van der Waals surface area (Å²) in [4.78, 5) is 25.7. The number of anilines is 1. The molecule has 0 amide bonds. The van der Waals surface area contributed by atoms with Crippen molar-refractivity contribution in [3.63, 3.8) is 0 Å². The third kappa shape index (κ3) is 3.04. The number of piperidine rings is 1. The molecule has 1 aromatic heterocycles. The van der Waals surface area contributed by atoms with Crippen LogP contribution in [-0.2, 0) is 14.1 Å². The molecule has 7 nitrogen and oxygen atoms in total. The van der Waals surface area contributed by atoms with Gasteiger partial charge in [0.05, 0.1) is 0 Å². The molecule has 19 heavy (non-hydrogen) atoms. The number of nitrogens with zero attached hydrogens (tertiary/aromatic N) is 4. The summed E-state index contributed by atoms with van der Waals surface area (Å²) in [5.41, 5.74) is -0.778. The van der Waals surface area contributed by atoms with E-state index in [1.54, 1.807) is 7.05 Å². The van der Waals surface area contributed by atoms with Gasteiger partial charge in [-0.3, -0.25) is 9.36 Å². The van der Waals surface area contributed by atoms with Crippen LogP contribution in [0.2, 0.25) is 0 Å². The normalized spacial score (nSPS) is 20.5. The van der Waals surface area contributed by atoms with Crippen molar-refractivity contribution in [1.82, 2.24) is 19.2 Å². The molecule has 0 bridgehead atoms. The Morgan fingerprint density at radius 1 is 1.32 bits per heavy atom. The Bertz CT molecular complexity index is 562. The summed E-state index contributed by atoms with van der Waals surface area (Å²) < 4.78 is 2.25. The van der Waals surface area contributed by atoms with E-state index >= 15 is 0 Å². The molecule has 1 fully saturated rings. The fourth-order valence-electron chi connectivity index (χ4n) is 2.49. The summed E-state index contributed by atoms with van der Waals surface area (Å²) in [5.74, 6) is 0.764. The number of nitrogens with one attached hydrogen (secondary N) is 1. The minimum Gasteiger partial charge on any atom is -0.364 e. The first-order valence-corrected chi connectivity index (χ1v) is 6.56. The predicted octanol–water partition coefficient (Wildman–Crippen LogP) is -0.767. The molecule has 0 aromatic carbocycles. The lowest BCUT2D eigenvalue weighted by Gasteiger charge is -2.29. The van der Waals surface area contributed by atoms with Crippen LogP contribution in [0.3, 0.4) is 0 Å². The van der Waals surface area contributed by atoms with Crippen molar-refractivity contribution >= 4 is 5.82 Å². The van der Waals surface area contributed by atoms with Crippen molar-refractivity contribution < 1.29 is 0 Å². The van der Waals surface area contributed by atoms with Gasteiger partial charge in [0.25, 0.3) is 5.56 Å². The molecule has 1 N–H and O–H groups in total. The molecule has 1 aromatic rings. The largest absolute Gasteiger partial charge is 0.364 e. The van der Waals surface area contributed by atoms with Crippen LogP contribution >= 0.6 is 0 Å². The van der Waals surface area contributed by atoms with Crippen molar-refractivity contribution in [2.75, 3.05) is 32.0 Å². The van der Waals surface area contributed by atoms with Crippen LogP contribution < -0.4 is 16.6 Å². The first kappa shape index (κ1) is 13.8. The number of aromatic nitrogens is 3. The molecule has 1 atom stereocenters. The third-order valence-corrected chi connectivity index (χ3v) is 3.60. The van der Waals surface area contributed by atoms with E-state index in [-0.39, 0.29) is 11.4 Å². The Morgan fingerprint density at radius 3 is 2.74 bits per heavy atom. The van der Waals surface area contributed by atoms with Crippen LogP contribution in [0.25, 0.3) is 0 Å². The van der Waals surface area contributed by atoms with E-state index in [1.807, 2.05) is 0 Å². The molecule has 0 spiro atoms. The van der Waals surface area contributed by atoms with Gasteiger partial charge in [-0.15, -0.1) is 5.10 Å². The van der Waals surface area contributed by atoms with Gasteiger partial charge < -0.3 is 10.2 Å². The number of rotatable bonds is 3. The maximum absolute atomic E-state index is 11.9. The van der Waals surface area contributed by atoms with Gasteiger partial charge in [-0.1, -0.05) is 0 Å². The lowest BCUT2D eigenvalue weighted by atomic mass is 9.98. The van der Waals surface area contributed by atoms with Gasteiger partial charge in [0, 0.05) is 27.2 Å². The molecule has 2 heterocycles. The predicted molar refractivity (Wildman–Crippen MR) is 73.4 cm³/mol. The zero-order chi connectivity index (χ0) is 14.0. The Balaban J connectivity index is 2.08. The Kier molecular flexibility index (Phi) is 4.04. The van der Waals surface area contributed by atoms with Crippen LogP contribution in [0.4, 0.5) is 5.82 Å². The Hall–Kier alpha value is -1.63. The van der Waals surface area contributed by atoms with E-state index in [0.717, 1.165) is 24.1 Å². The van der Waals surface area contributed by atoms with Crippen molar-refractivity contribution in [3.05, 3.63) is 20.8 Å². The lowest BCUT2D eigenvalue weighted by Crippen LogP contribution is -2.41. The van der Waals surface area contributed by atoms with Crippen LogP contribution in [0.5, 0.6) is 0 Å². The smallest absolute Gasteiger partial charge is 0.346 e. The minimum absolute atomic E-state index is 0.248. The van der Waals surface area contributed by atoms with Crippen LogP contribution in [-0.4, -0.2) is 45.9 Å². The molecule has 0 aliphatic carbocycles. The van der Waals surface area contributed by atoms with E-state index in [0.29, 0.717) is 12.5 Å². The average Bonchev–Trinajstić information content (AvgIpc) is 2.39. The highest BCUT2D eigenvalue weighted by molar-refractivity contribution is 5.29. The molecule has 1 saturated heterocycles. The van der Waals surface area contributed by atoms with Crippen LogP contribution in [0.15, 0.2) is 9.59 Å². The molecule has 0 radical (unpaired) electrons. The topological polar surface area (TPSA) is 72.2 Å². The first-order chi connectivity index (χ1) is 8.99. The van der Waals surface area contributed by atoms with E-state index < -0.39 is 5.69 Å². The highest BCUT2D eigenvalue weighted by Crippen LogP contribution is 2.14. The van der Waals surface area contributed by atoms with Gasteiger partial charge >= 0.3 is 5.69 Å². The molecule has 2 rings (SSSR count). The van der Waals surface area contributed by atoms with E-state index in [1.165, 1.54) is 18.2 Å². The van der Waals surface area contributed by atoms with Gasteiger partial charge in [0.15, 0.2) is 0 Å². The maximum Gasteiger partial charge on any atom is 0.346 e. The van der Waals surface area contributed by atoms with E-state index in [2.05, 4.69) is 22.4 Å². The summed E-state index contributed by atoms with van der Waals surface area (Å²) >= 11 is 0. The van der Waals surface area contributed by atoms with Crippen molar-refractivity contribution in [1.29, 1.82) is 0 Å². The fourth-order valence-corrected chi connectivity index (χ4v) is 2.49. The van der Waals surface area contributed by atoms with E-state index in [4.69, 9.17) is 0 Å². The third-order valence-electron chi connectivity index (χ3n) is 3.60. The zero-order valence-electron chi connectivity index (χ0n) is 11.7. The van der Waals surface area contributed by atoms with Crippen molar-refractivity contribution in [3.8, 4) is 0 Å². The highest BCUT2D eigenvalue weighted by Gasteiger charge is 2.18. The molecular weight excluding hydrogens is 246 g/mol. The van der Waals surface area contributed by atoms with Gasteiger partial charge in [-0.2, -0.15) is 0 Å². The number of hydrogen-bond donors (Lipinski definition) is 1. The highest BCUT2D eigenvalue weighted by atomic mass is 16.2. The monoisotopic (exact) mass is 267 g/mol. The Morgan fingerprint density at radius 2 is 2.05 bits per heavy atom. The summed E-state index contributed by atoms with van der Waals surface area (Å²) in [7, 11) is 5.11. The average molecular weight is 267 g/mol. The van der Waals surface area contributed by atoms with Crippen molar-refractivity contribution in [2.45, 2.75) is 12.8 Å². The van der Waals surface area contributed by atoms with E-state index in [9.17, 15) is 9.59 Å².